The Labute approximate surface area is 168 Å². The van der Waals surface area contributed by atoms with Gasteiger partial charge in [-0.3, -0.25) is 5.43 Å². The monoisotopic (exact) mass is 383 g/mol. The number of rotatable bonds is 11. The molecule has 0 spiro atoms. The number of nitrogens with one attached hydrogen (secondary N) is 2. The average molecular weight is 384 g/mol. The molecule has 0 bridgehead atoms. The molecule has 0 fully saturated rings. The smallest absolute Gasteiger partial charge is 0.187 e. The van der Waals surface area contributed by atoms with Crippen LogP contribution in [0.15, 0.2) is 59.7 Å². The fourth-order valence-corrected chi connectivity index (χ4v) is 2.71. The summed E-state index contributed by atoms with van der Waals surface area (Å²) >= 11 is 5.25. The predicted molar refractivity (Wildman–Crippen MR) is 117 cm³/mol. The number of para-hydroxylation sites is 1. The van der Waals surface area contributed by atoms with Crippen LogP contribution in [0.4, 0.5) is 0 Å². The van der Waals surface area contributed by atoms with E-state index in [1.165, 1.54) is 31.2 Å². The minimum absolute atomic E-state index is 0.490. The molecule has 0 amide bonds. The van der Waals surface area contributed by atoms with Crippen molar-refractivity contribution in [3.8, 4) is 5.75 Å². The van der Waals surface area contributed by atoms with Crippen molar-refractivity contribution in [1.29, 1.82) is 0 Å². The maximum atomic E-state index is 5.91. The molecule has 0 atom stereocenters. The Hall–Kier alpha value is -2.40. The molecule has 2 aromatic rings. The Balaban J connectivity index is 1.74. The molecule has 2 N–H and O–H groups in total. The van der Waals surface area contributed by atoms with Gasteiger partial charge in [0.1, 0.15) is 5.75 Å². The summed E-state index contributed by atoms with van der Waals surface area (Å²) in [5, 5.41) is 7.85. The topological polar surface area (TPSA) is 45.6 Å². The van der Waals surface area contributed by atoms with Gasteiger partial charge in [0, 0.05) is 12.1 Å². The molecule has 5 heteroatoms. The number of nitrogens with zero attached hydrogens (tertiary/aromatic N) is 1. The SMILES string of the molecule is CCCCCCCOc1ccccc1/C=N\NC(=S)NCc1ccccc1. The van der Waals surface area contributed by atoms with Crippen molar-refractivity contribution in [3.63, 3.8) is 0 Å². The largest absolute Gasteiger partial charge is 0.493 e. The van der Waals surface area contributed by atoms with E-state index in [-0.39, 0.29) is 0 Å². The minimum atomic E-state index is 0.490. The molecule has 0 aromatic heterocycles. The zero-order valence-corrected chi connectivity index (χ0v) is 16.8. The van der Waals surface area contributed by atoms with Gasteiger partial charge in [0.05, 0.1) is 12.8 Å². The fraction of sp³-hybridized carbons (Fsp3) is 0.364. The van der Waals surface area contributed by atoms with Crippen molar-refractivity contribution in [2.24, 2.45) is 5.10 Å². The van der Waals surface area contributed by atoms with Crippen molar-refractivity contribution in [2.75, 3.05) is 6.61 Å². The first-order valence-corrected chi connectivity index (χ1v) is 10.0. The van der Waals surface area contributed by atoms with Crippen molar-refractivity contribution >= 4 is 23.5 Å². The molecule has 0 aliphatic carbocycles. The molecule has 2 aromatic carbocycles. The zero-order chi connectivity index (χ0) is 19.2. The summed E-state index contributed by atoms with van der Waals surface area (Å²) in [4.78, 5) is 0. The van der Waals surface area contributed by atoms with E-state index in [9.17, 15) is 0 Å². The molecule has 27 heavy (non-hydrogen) atoms. The second-order valence-electron chi connectivity index (χ2n) is 6.34. The van der Waals surface area contributed by atoms with Crippen LogP contribution >= 0.6 is 12.2 Å². The Morgan fingerprint density at radius 3 is 2.56 bits per heavy atom. The van der Waals surface area contributed by atoms with E-state index in [4.69, 9.17) is 17.0 Å². The standard InChI is InChI=1S/C22H29N3OS/c1-2-3-4-5-11-16-26-21-15-10-9-14-20(21)18-24-25-22(27)23-17-19-12-7-6-8-13-19/h6-10,12-15,18H,2-5,11,16-17H2,1H3,(H2,23,25,27)/b24-18-. The normalized spacial score (nSPS) is 10.7. The molecule has 0 heterocycles. The summed E-state index contributed by atoms with van der Waals surface area (Å²) < 4.78 is 5.91. The Morgan fingerprint density at radius 2 is 1.74 bits per heavy atom. The van der Waals surface area contributed by atoms with Crippen LogP contribution in [0, 0.1) is 0 Å². The van der Waals surface area contributed by atoms with Crippen LogP contribution in [-0.2, 0) is 6.54 Å². The first kappa shape index (κ1) is 20.9. The Morgan fingerprint density at radius 1 is 1.00 bits per heavy atom. The van der Waals surface area contributed by atoms with Gasteiger partial charge in [-0.15, -0.1) is 0 Å². The molecule has 4 nitrogen and oxygen atoms in total. The highest BCUT2D eigenvalue weighted by molar-refractivity contribution is 7.80. The summed E-state index contributed by atoms with van der Waals surface area (Å²) in [5.41, 5.74) is 4.96. The Bertz CT molecular complexity index is 704. The lowest BCUT2D eigenvalue weighted by Crippen LogP contribution is -2.31. The lowest BCUT2D eigenvalue weighted by molar-refractivity contribution is 0.304. The fourth-order valence-electron chi connectivity index (χ4n) is 2.58. The van der Waals surface area contributed by atoms with E-state index >= 15 is 0 Å². The van der Waals surface area contributed by atoms with Gasteiger partial charge >= 0.3 is 0 Å². The minimum Gasteiger partial charge on any atom is -0.493 e. The highest BCUT2D eigenvalue weighted by atomic mass is 32.1. The molecule has 0 saturated carbocycles. The number of hydrazone groups is 1. The molecule has 0 radical (unpaired) electrons. The average Bonchev–Trinajstić information content (AvgIpc) is 2.71. The van der Waals surface area contributed by atoms with E-state index in [1.54, 1.807) is 6.21 Å². The van der Waals surface area contributed by atoms with Crippen LogP contribution in [0.2, 0.25) is 0 Å². The summed E-state index contributed by atoms with van der Waals surface area (Å²) in [5.74, 6) is 0.849. The molecule has 0 aliphatic rings. The van der Waals surface area contributed by atoms with E-state index < -0.39 is 0 Å². The van der Waals surface area contributed by atoms with Crippen molar-refractivity contribution in [3.05, 3.63) is 65.7 Å². The summed E-state index contributed by atoms with van der Waals surface area (Å²) in [6.45, 7) is 3.63. The lowest BCUT2D eigenvalue weighted by atomic mass is 10.2. The first-order chi connectivity index (χ1) is 13.3. The maximum absolute atomic E-state index is 5.91. The molecular weight excluding hydrogens is 354 g/mol. The molecule has 2 rings (SSSR count). The highest BCUT2D eigenvalue weighted by Crippen LogP contribution is 2.16. The van der Waals surface area contributed by atoms with Gasteiger partial charge in [-0.1, -0.05) is 75.1 Å². The van der Waals surface area contributed by atoms with E-state index in [0.29, 0.717) is 11.7 Å². The highest BCUT2D eigenvalue weighted by Gasteiger charge is 2.01. The van der Waals surface area contributed by atoms with Crippen LogP contribution in [0.5, 0.6) is 5.75 Å². The molecule has 0 unspecified atom stereocenters. The number of hydrogen-bond acceptors (Lipinski definition) is 3. The number of benzene rings is 2. The van der Waals surface area contributed by atoms with Crippen LogP contribution < -0.4 is 15.5 Å². The van der Waals surface area contributed by atoms with Crippen molar-refractivity contribution in [1.82, 2.24) is 10.7 Å². The van der Waals surface area contributed by atoms with Crippen LogP contribution in [0.25, 0.3) is 0 Å². The molecular formula is C22H29N3OS. The zero-order valence-electron chi connectivity index (χ0n) is 16.0. The number of ether oxygens (including phenoxy) is 1. The second-order valence-corrected chi connectivity index (χ2v) is 6.75. The summed E-state index contributed by atoms with van der Waals surface area (Å²) in [6, 6.07) is 18.0. The molecule has 0 aliphatic heterocycles. The quantitative estimate of drug-likeness (QED) is 0.247. The third-order valence-corrected chi connectivity index (χ3v) is 4.33. The maximum Gasteiger partial charge on any atom is 0.187 e. The second kappa shape index (κ2) is 12.9. The van der Waals surface area contributed by atoms with Crippen LogP contribution in [-0.4, -0.2) is 17.9 Å². The summed E-state index contributed by atoms with van der Waals surface area (Å²) in [7, 11) is 0. The van der Waals surface area contributed by atoms with Crippen molar-refractivity contribution in [2.45, 2.75) is 45.6 Å². The number of hydrogen-bond donors (Lipinski definition) is 2. The van der Waals surface area contributed by atoms with Gasteiger partial charge in [-0.05, 0) is 36.3 Å². The van der Waals surface area contributed by atoms with E-state index in [1.807, 2.05) is 42.5 Å². The number of unbranched alkanes of at least 4 members (excludes halogenated alkanes) is 4. The third-order valence-electron chi connectivity index (χ3n) is 4.09. The van der Waals surface area contributed by atoms with Gasteiger partial charge in [-0.25, -0.2) is 0 Å². The van der Waals surface area contributed by atoms with Gasteiger partial charge in [0.25, 0.3) is 0 Å². The third kappa shape index (κ3) is 8.69. The summed E-state index contributed by atoms with van der Waals surface area (Å²) in [6.07, 6.45) is 7.87. The van der Waals surface area contributed by atoms with Gasteiger partial charge in [-0.2, -0.15) is 5.10 Å². The van der Waals surface area contributed by atoms with E-state index in [2.05, 4.69) is 34.9 Å². The lowest BCUT2D eigenvalue weighted by Gasteiger charge is -2.09. The van der Waals surface area contributed by atoms with Gasteiger partial charge < -0.3 is 10.1 Å². The van der Waals surface area contributed by atoms with Gasteiger partial charge in [0.2, 0.25) is 0 Å². The predicted octanol–water partition coefficient (Wildman–Crippen LogP) is 5.03. The molecule has 0 saturated heterocycles. The van der Waals surface area contributed by atoms with Crippen molar-refractivity contribution < 1.29 is 4.74 Å². The number of thiocarbonyl (C=S) groups is 1. The van der Waals surface area contributed by atoms with Crippen LogP contribution in [0.1, 0.15) is 50.2 Å². The van der Waals surface area contributed by atoms with Gasteiger partial charge in [0.15, 0.2) is 5.11 Å². The molecule has 144 valence electrons. The van der Waals surface area contributed by atoms with E-state index in [0.717, 1.165) is 24.3 Å². The van der Waals surface area contributed by atoms with Crippen LogP contribution in [0.3, 0.4) is 0 Å². The first-order valence-electron chi connectivity index (χ1n) is 9.62. The Kier molecular flexibility index (Phi) is 9.97.